The first-order valence-electron chi connectivity index (χ1n) is 10.5. The summed E-state index contributed by atoms with van der Waals surface area (Å²) in [4.78, 5) is 36.4. The van der Waals surface area contributed by atoms with Crippen LogP contribution in [-0.4, -0.2) is 41.3 Å². The number of amides is 2. The number of carbonyl (C=O) groups excluding carboxylic acids is 2. The molecule has 2 aromatic rings. The zero-order chi connectivity index (χ0) is 22.2. The van der Waals surface area contributed by atoms with Gasteiger partial charge in [-0.25, -0.2) is 9.59 Å². The lowest BCUT2D eigenvalue weighted by Gasteiger charge is -2.28. The topological polar surface area (TPSA) is 105 Å². The van der Waals surface area contributed by atoms with E-state index in [0.29, 0.717) is 0 Å². The van der Waals surface area contributed by atoms with Gasteiger partial charge in [0.05, 0.1) is 0 Å². The summed E-state index contributed by atoms with van der Waals surface area (Å²) >= 11 is 0. The Morgan fingerprint density at radius 3 is 2.13 bits per heavy atom. The first-order chi connectivity index (χ1) is 14.8. The van der Waals surface area contributed by atoms with Crippen LogP contribution >= 0.6 is 0 Å². The number of hydrogen-bond acceptors (Lipinski definition) is 4. The number of ether oxygens (including phenoxy) is 1. The van der Waals surface area contributed by atoms with Gasteiger partial charge in [0.2, 0.25) is 5.91 Å². The first kappa shape index (κ1) is 20.9. The minimum atomic E-state index is -1.33. The number of nitrogens with one attached hydrogen (secondary N) is 2. The number of carbonyl (C=O) groups is 3. The Kier molecular flexibility index (Phi) is 5.43. The number of carboxylic acids is 1. The van der Waals surface area contributed by atoms with Crippen molar-refractivity contribution in [3.8, 4) is 11.1 Å². The molecule has 0 radical (unpaired) electrons. The third kappa shape index (κ3) is 4.00. The lowest BCUT2D eigenvalue weighted by molar-refractivity contribution is -0.148. The Bertz CT molecular complexity index is 987. The largest absolute Gasteiger partial charge is 0.480 e. The number of alkyl carbamates (subject to hydrolysis) is 1. The molecule has 7 nitrogen and oxygen atoms in total. The van der Waals surface area contributed by atoms with Gasteiger partial charge in [0.25, 0.3) is 0 Å². The second-order valence-electron chi connectivity index (χ2n) is 8.46. The fourth-order valence-electron chi connectivity index (χ4n) is 4.24. The van der Waals surface area contributed by atoms with E-state index in [2.05, 4.69) is 22.8 Å². The maximum absolute atomic E-state index is 12.5. The van der Waals surface area contributed by atoms with Gasteiger partial charge in [-0.1, -0.05) is 48.5 Å². The van der Waals surface area contributed by atoms with Crippen molar-refractivity contribution in [2.24, 2.45) is 5.92 Å². The molecule has 7 heteroatoms. The van der Waals surface area contributed by atoms with Crippen LogP contribution in [0.1, 0.15) is 43.7 Å². The van der Waals surface area contributed by atoms with Gasteiger partial charge in [-0.05, 0) is 54.9 Å². The highest BCUT2D eigenvalue weighted by atomic mass is 16.5. The van der Waals surface area contributed by atoms with E-state index in [4.69, 9.17) is 4.74 Å². The Balaban J connectivity index is 1.36. The number of aliphatic carboxylic acids is 1. The molecule has 2 amide bonds. The lowest BCUT2D eigenvalue weighted by atomic mass is 9.95. The van der Waals surface area contributed by atoms with Crippen LogP contribution in [0.15, 0.2) is 48.5 Å². The van der Waals surface area contributed by atoms with Crippen molar-refractivity contribution in [1.82, 2.24) is 10.6 Å². The van der Waals surface area contributed by atoms with E-state index in [0.717, 1.165) is 35.1 Å². The Morgan fingerprint density at radius 1 is 1.06 bits per heavy atom. The summed E-state index contributed by atoms with van der Waals surface area (Å²) in [7, 11) is 0. The molecule has 4 rings (SSSR count). The average molecular weight is 422 g/mol. The SMILES string of the molecule is CC(NC(=O)OCC1c2ccccc2-c2ccccc21)C(=O)NC(C)(C(=O)O)C1CC1. The van der Waals surface area contributed by atoms with Gasteiger partial charge in [0.1, 0.15) is 18.2 Å². The number of carboxylic acid groups (broad SMARTS) is 1. The van der Waals surface area contributed by atoms with Crippen molar-refractivity contribution in [1.29, 1.82) is 0 Å². The molecule has 0 spiro atoms. The maximum atomic E-state index is 12.5. The van der Waals surface area contributed by atoms with Crippen LogP contribution in [0.5, 0.6) is 0 Å². The summed E-state index contributed by atoms with van der Waals surface area (Å²) < 4.78 is 5.45. The van der Waals surface area contributed by atoms with Crippen molar-refractivity contribution in [3.63, 3.8) is 0 Å². The van der Waals surface area contributed by atoms with Crippen molar-refractivity contribution < 1.29 is 24.2 Å². The molecule has 2 unspecified atom stereocenters. The van der Waals surface area contributed by atoms with Crippen LogP contribution < -0.4 is 10.6 Å². The molecule has 0 aliphatic heterocycles. The highest BCUT2D eigenvalue weighted by molar-refractivity contribution is 5.91. The van der Waals surface area contributed by atoms with Crippen LogP contribution in [0, 0.1) is 5.92 Å². The highest BCUT2D eigenvalue weighted by Crippen LogP contribution is 2.44. The second kappa shape index (κ2) is 8.06. The molecule has 2 aliphatic carbocycles. The van der Waals surface area contributed by atoms with E-state index < -0.39 is 29.6 Å². The fourth-order valence-corrected chi connectivity index (χ4v) is 4.24. The van der Waals surface area contributed by atoms with Gasteiger partial charge in [0, 0.05) is 5.92 Å². The summed E-state index contributed by atoms with van der Waals surface area (Å²) in [5.74, 6) is -1.79. The van der Waals surface area contributed by atoms with Gasteiger partial charge in [0.15, 0.2) is 0 Å². The molecule has 3 N–H and O–H groups in total. The standard InChI is InChI=1S/C24H26N2O5/c1-14(21(27)26-24(2,22(28)29)15-11-12-15)25-23(30)31-13-20-18-9-5-3-7-16(18)17-8-4-6-10-19(17)20/h3-10,14-15,20H,11-13H2,1-2H3,(H,25,30)(H,26,27)(H,28,29). The average Bonchev–Trinajstić information content (AvgIpc) is 3.56. The van der Waals surface area contributed by atoms with Gasteiger partial charge in [-0.15, -0.1) is 0 Å². The molecule has 2 atom stereocenters. The molecule has 2 aliphatic rings. The molecule has 0 heterocycles. The van der Waals surface area contributed by atoms with E-state index >= 15 is 0 Å². The van der Waals surface area contributed by atoms with Gasteiger partial charge >= 0.3 is 12.1 Å². The van der Waals surface area contributed by atoms with Crippen LogP contribution in [0.4, 0.5) is 4.79 Å². The van der Waals surface area contributed by atoms with Crippen LogP contribution in [0.3, 0.4) is 0 Å². The third-order valence-corrected chi connectivity index (χ3v) is 6.29. The van der Waals surface area contributed by atoms with Crippen LogP contribution in [-0.2, 0) is 14.3 Å². The van der Waals surface area contributed by atoms with Gasteiger partial charge in [-0.3, -0.25) is 4.79 Å². The summed E-state index contributed by atoms with van der Waals surface area (Å²) in [5.41, 5.74) is 3.14. The molecule has 31 heavy (non-hydrogen) atoms. The minimum Gasteiger partial charge on any atom is -0.480 e. The normalized spacial score (nSPS) is 17.6. The maximum Gasteiger partial charge on any atom is 0.407 e. The molecular weight excluding hydrogens is 396 g/mol. The van der Waals surface area contributed by atoms with Crippen LogP contribution in [0.25, 0.3) is 11.1 Å². The zero-order valence-electron chi connectivity index (χ0n) is 17.6. The van der Waals surface area contributed by atoms with Crippen molar-refractivity contribution in [2.75, 3.05) is 6.61 Å². The Labute approximate surface area is 180 Å². The smallest absolute Gasteiger partial charge is 0.407 e. The molecular formula is C24H26N2O5. The monoisotopic (exact) mass is 422 g/mol. The molecule has 1 fully saturated rings. The van der Waals surface area contributed by atoms with E-state index in [-0.39, 0.29) is 18.4 Å². The molecule has 0 aromatic heterocycles. The molecule has 0 saturated heterocycles. The molecule has 0 bridgehead atoms. The third-order valence-electron chi connectivity index (χ3n) is 6.29. The van der Waals surface area contributed by atoms with Gasteiger partial charge in [-0.2, -0.15) is 0 Å². The molecule has 162 valence electrons. The summed E-state index contributed by atoms with van der Waals surface area (Å²) in [5, 5.41) is 14.6. The molecule has 2 aromatic carbocycles. The zero-order valence-corrected chi connectivity index (χ0v) is 17.6. The number of rotatable bonds is 7. The predicted molar refractivity (Wildman–Crippen MR) is 115 cm³/mol. The van der Waals surface area contributed by atoms with E-state index in [1.807, 2.05) is 36.4 Å². The number of fused-ring (bicyclic) bond motifs is 3. The predicted octanol–water partition coefficient (Wildman–Crippen LogP) is 3.28. The van der Waals surface area contributed by atoms with E-state index in [1.165, 1.54) is 13.8 Å². The van der Waals surface area contributed by atoms with Crippen LogP contribution in [0.2, 0.25) is 0 Å². The Hall–Kier alpha value is -3.35. The fraction of sp³-hybridized carbons (Fsp3) is 0.375. The van der Waals surface area contributed by atoms with Crippen molar-refractivity contribution in [2.45, 2.75) is 44.2 Å². The van der Waals surface area contributed by atoms with E-state index in [9.17, 15) is 19.5 Å². The minimum absolute atomic E-state index is 0.0764. The van der Waals surface area contributed by atoms with E-state index in [1.54, 1.807) is 0 Å². The Morgan fingerprint density at radius 2 is 1.61 bits per heavy atom. The summed E-state index contributed by atoms with van der Waals surface area (Å²) in [6.07, 6.45) is 0.808. The van der Waals surface area contributed by atoms with Crippen molar-refractivity contribution in [3.05, 3.63) is 59.7 Å². The second-order valence-corrected chi connectivity index (χ2v) is 8.46. The highest BCUT2D eigenvalue weighted by Gasteiger charge is 2.49. The first-order valence-corrected chi connectivity index (χ1v) is 10.5. The summed E-state index contributed by atoms with van der Waals surface area (Å²) in [6, 6.07) is 15.1. The van der Waals surface area contributed by atoms with Gasteiger partial charge < -0.3 is 20.5 Å². The summed E-state index contributed by atoms with van der Waals surface area (Å²) in [6.45, 7) is 3.15. The van der Waals surface area contributed by atoms with Crippen molar-refractivity contribution >= 4 is 18.0 Å². The quantitative estimate of drug-likeness (QED) is 0.635. The number of hydrogen-bond donors (Lipinski definition) is 3. The lowest BCUT2D eigenvalue weighted by Crippen LogP contribution is -2.58. The number of benzene rings is 2. The molecule has 1 saturated carbocycles.